The van der Waals surface area contributed by atoms with Crippen LogP contribution < -0.4 is 0 Å². The SMILES string of the molecule is Cc1cc(C[C@@H]2CN(C(=O)c3ccc(-c4nnn(C)n4)cc3)C[C@H]2O)on1. The molecule has 1 aromatic carbocycles. The molecular weight excluding hydrogens is 348 g/mol. The van der Waals surface area contributed by atoms with Crippen LogP contribution in [0.3, 0.4) is 0 Å². The van der Waals surface area contributed by atoms with Crippen LogP contribution in [0.4, 0.5) is 0 Å². The fourth-order valence-corrected chi connectivity index (χ4v) is 3.34. The molecule has 140 valence electrons. The average molecular weight is 368 g/mol. The topological polar surface area (TPSA) is 110 Å². The van der Waals surface area contributed by atoms with Crippen LogP contribution in [0.25, 0.3) is 11.4 Å². The number of tetrazole rings is 1. The number of likely N-dealkylation sites (tertiary alicyclic amines) is 1. The van der Waals surface area contributed by atoms with Gasteiger partial charge in [-0.1, -0.05) is 17.3 Å². The normalized spacial score (nSPS) is 19.6. The van der Waals surface area contributed by atoms with Crippen LogP contribution in [-0.4, -0.2) is 60.5 Å². The Balaban J connectivity index is 1.43. The summed E-state index contributed by atoms with van der Waals surface area (Å²) in [6.45, 7) is 2.64. The molecule has 0 bridgehead atoms. The van der Waals surface area contributed by atoms with E-state index in [1.165, 1.54) is 4.80 Å². The Bertz CT molecular complexity index is 948. The fraction of sp³-hybridized carbons (Fsp3) is 0.389. The van der Waals surface area contributed by atoms with Crippen LogP contribution in [-0.2, 0) is 13.5 Å². The number of carbonyl (C=O) groups excluding carboxylic acids is 1. The third-order valence-corrected chi connectivity index (χ3v) is 4.73. The first-order valence-electron chi connectivity index (χ1n) is 8.73. The molecule has 3 heterocycles. The van der Waals surface area contributed by atoms with Gasteiger partial charge in [-0.2, -0.15) is 4.80 Å². The lowest BCUT2D eigenvalue weighted by Crippen LogP contribution is -2.29. The molecule has 1 amide bonds. The third kappa shape index (κ3) is 3.59. The number of rotatable bonds is 4. The van der Waals surface area contributed by atoms with E-state index in [1.54, 1.807) is 36.2 Å². The highest BCUT2D eigenvalue weighted by Crippen LogP contribution is 2.24. The molecule has 0 aliphatic carbocycles. The van der Waals surface area contributed by atoms with E-state index < -0.39 is 6.10 Å². The molecule has 1 fully saturated rings. The van der Waals surface area contributed by atoms with Gasteiger partial charge in [0.05, 0.1) is 18.8 Å². The molecule has 2 atom stereocenters. The highest BCUT2D eigenvalue weighted by atomic mass is 16.5. The first-order chi connectivity index (χ1) is 13.0. The molecule has 1 aliphatic heterocycles. The Hall–Kier alpha value is -3.07. The smallest absolute Gasteiger partial charge is 0.253 e. The molecule has 0 radical (unpaired) electrons. The molecule has 1 N–H and O–H groups in total. The molecule has 0 saturated carbocycles. The summed E-state index contributed by atoms with van der Waals surface area (Å²) in [5, 5.41) is 26.1. The van der Waals surface area contributed by atoms with E-state index in [-0.39, 0.29) is 11.8 Å². The van der Waals surface area contributed by atoms with Crippen molar-refractivity contribution in [2.75, 3.05) is 13.1 Å². The van der Waals surface area contributed by atoms with Gasteiger partial charge in [0, 0.05) is 42.6 Å². The molecule has 9 nitrogen and oxygen atoms in total. The number of nitrogens with zero attached hydrogens (tertiary/aromatic N) is 6. The molecule has 9 heteroatoms. The molecule has 0 spiro atoms. The first-order valence-corrected chi connectivity index (χ1v) is 8.73. The maximum Gasteiger partial charge on any atom is 0.253 e. The summed E-state index contributed by atoms with van der Waals surface area (Å²) in [7, 11) is 1.70. The highest BCUT2D eigenvalue weighted by molar-refractivity contribution is 5.94. The second-order valence-electron chi connectivity index (χ2n) is 6.86. The van der Waals surface area contributed by atoms with E-state index in [0.717, 1.165) is 17.0 Å². The number of aromatic nitrogens is 5. The van der Waals surface area contributed by atoms with E-state index in [4.69, 9.17) is 4.52 Å². The van der Waals surface area contributed by atoms with E-state index in [1.807, 2.05) is 13.0 Å². The van der Waals surface area contributed by atoms with Crippen LogP contribution >= 0.6 is 0 Å². The van der Waals surface area contributed by atoms with Crippen molar-refractivity contribution in [3.63, 3.8) is 0 Å². The van der Waals surface area contributed by atoms with Crippen molar-refractivity contribution in [3.8, 4) is 11.4 Å². The number of hydrogen-bond donors (Lipinski definition) is 1. The number of carbonyl (C=O) groups is 1. The van der Waals surface area contributed by atoms with Crippen LogP contribution in [0.2, 0.25) is 0 Å². The van der Waals surface area contributed by atoms with Gasteiger partial charge in [0.1, 0.15) is 5.76 Å². The molecule has 3 aromatic rings. The molecular formula is C18H20N6O3. The lowest BCUT2D eigenvalue weighted by Gasteiger charge is -2.16. The van der Waals surface area contributed by atoms with Crippen molar-refractivity contribution in [1.29, 1.82) is 0 Å². The van der Waals surface area contributed by atoms with Crippen LogP contribution in [0, 0.1) is 12.8 Å². The number of aryl methyl sites for hydroxylation is 2. The Morgan fingerprint density at radius 2 is 2.07 bits per heavy atom. The predicted molar refractivity (Wildman–Crippen MR) is 94.6 cm³/mol. The minimum atomic E-state index is -0.581. The number of β-amino-alcohol motifs (C(OH)–C–C–N with tert-alkyl or cyclic N) is 1. The number of benzene rings is 1. The maximum atomic E-state index is 12.8. The first kappa shape index (κ1) is 17.3. The van der Waals surface area contributed by atoms with Crippen LogP contribution in [0.15, 0.2) is 34.9 Å². The number of amides is 1. The minimum absolute atomic E-state index is 0.0654. The standard InChI is InChI=1S/C18H20N6O3/c1-11-7-15(27-21-11)8-14-9-24(10-16(14)25)18(26)13-5-3-12(4-6-13)17-19-22-23(2)20-17/h3-7,14,16,25H,8-10H2,1-2H3/t14-,16-/m1/s1. The second kappa shape index (κ2) is 6.92. The average Bonchev–Trinajstić information content (AvgIpc) is 3.36. The van der Waals surface area contributed by atoms with Crippen molar-refractivity contribution in [1.82, 2.24) is 30.3 Å². The predicted octanol–water partition coefficient (Wildman–Crippen LogP) is 0.849. The quantitative estimate of drug-likeness (QED) is 0.727. The Morgan fingerprint density at radius 3 is 2.70 bits per heavy atom. The molecule has 0 unspecified atom stereocenters. The van der Waals surface area contributed by atoms with Gasteiger partial charge in [-0.05, 0) is 24.3 Å². The van der Waals surface area contributed by atoms with Crippen LogP contribution in [0.1, 0.15) is 21.8 Å². The highest BCUT2D eigenvalue weighted by Gasteiger charge is 2.35. The summed E-state index contributed by atoms with van der Waals surface area (Å²) in [6, 6.07) is 8.94. The molecule has 1 saturated heterocycles. The Labute approximate surface area is 155 Å². The Kier molecular flexibility index (Phi) is 4.44. The zero-order valence-corrected chi connectivity index (χ0v) is 15.1. The van der Waals surface area contributed by atoms with Gasteiger partial charge in [-0.25, -0.2) is 0 Å². The van der Waals surface area contributed by atoms with E-state index in [2.05, 4.69) is 20.6 Å². The summed E-state index contributed by atoms with van der Waals surface area (Å²) in [4.78, 5) is 15.8. The van der Waals surface area contributed by atoms with Gasteiger partial charge in [-0.15, -0.1) is 10.2 Å². The summed E-state index contributed by atoms with van der Waals surface area (Å²) in [5.41, 5.74) is 2.16. The summed E-state index contributed by atoms with van der Waals surface area (Å²) >= 11 is 0. The molecule has 4 rings (SSSR count). The second-order valence-corrected chi connectivity index (χ2v) is 6.86. The molecule has 2 aromatic heterocycles. The lowest BCUT2D eigenvalue weighted by molar-refractivity contribution is 0.0764. The minimum Gasteiger partial charge on any atom is -0.391 e. The maximum absolute atomic E-state index is 12.8. The van der Waals surface area contributed by atoms with Crippen molar-refractivity contribution < 1.29 is 14.4 Å². The summed E-state index contributed by atoms with van der Waals surface area (Å²) in [6.07, 6.45) is -0.0225. The Morgan fingerprint density at radius 1 is 1.30 bits per heavy atom. The molecule has 27 heavy (non-hydrogen) atoms. The summed E-state index contributed by atoms with van der Waals surface area (Å²) < 4.78 is 5.23. The summed E-state index contributed by atoms with van der Waals surface area (Å²) in [5.74, 6) is 1.07. The zero-order chi connectivity index (χ0) is 19.0. The number of aliphatic hydroxyl groups excluding tert-OH is 1. The van der Waals surface area contributed by atoms with Gasteiger partial charge in [-0.3, -0.25) is 4.79 Å². The van der Waals surface area contributed by atoms with Crippen LogP contribution in [0.5, 0.6) is 0 Å². The van der Waals surface area contributed by atoms with Gasteiger partial charge in [0.2, 0.25) is 5.82 Å². The number of hydrogen-bond acceptors (Lipinski definition) is 7. The van der Waals surface area contributed by atoms with Gasteiger partial charge < -0.3 is 14.5 Å². The van der Waals surface area contributed by atoms with E-state index in [0.29, 0.717) is 30.9 Å². The van der Waals surface area contributed by atoms with E-state index in [9.17, 15) is 9.90 Å². The van der Waals surface area contributed by atoms with Crippen molar-refractivity contribution in [2.24, 2.45) is 13.0 Å². The van der Waals surface area contributed by atoms with Crippen molar-refractivity contribution in [3.05, 3.63) is 47.3 Å². The van der Waals surface area contributed by atoms with Crippen molar-refractivity contribution >= 4 is 5.91 Å². The fourth-order valence-electron chi connectivity index (χ4n) is 3.34. The number of aliphatic hydroxyl groups is 1. The van der Waals surface area contributed by atoms with E-state index >= 15 is 0 Å². The van der Waals surface area contributed by atoms with Gasteiger partial charge >= 0.3 is 0 Å². The monoisotopic (exact) mass is 368 g/mol. The third-order valence-electron chi connectivity index (χ3n) is 4.73. The van der Waals surface area contributed by atoms with Gasteiger partial charge in [0.25, 0.3) is 5.91 Å². The molecule has 1 aliphatic rings. The largest absolute Gasteiger partial charge is 0.391 e. The zero-order valence-electron chi connectivity index (χ0n) is 15.1. The van der Waals surface area contributed by atoms with Crippen molar-refractivity contribution in [2.45, 2.75) is 19.4 Å². The lowest BCUT2D eigenvalue weighted by atomic mass is 10.0. The van der Waals surface area contributed by atoms with Gasteiger partial charge in [0.15, 0.2) is 0 Å².